The summed E-state index contributed by atoms with van der Waals surface area (Å²) in [7, 11) is 0. The Labute approximate surface area is 597 Å². The average Bonchev–Trinajstić information content (AvgIpc) is 1.45. The molecule has 0 aromatic carbocycles. The van der Waals surface area contributed by atoms with Crippen LogP contribution in [0, 0.1) is 90.7 Å². The number of hydrogen-bond acceptors (Lipinski definition) is 0. The van der Waals surface area contributed by atoms with Crippen LogP contribution in [0.25, 0.3) is 0 Å². The molecule has 5 saturated carbocycles. The van der Waals surface area contributed by atoms with E-state index in [1.54, 1.807) is 44.6 Å². The van der Waals surface area contributed by atoms with E-state index in [1.807, 2.05) is 0 Å². The maximum atomic E-state index is 2.67. The third-order valence-corrected chi connectivity index (χ3v) is 28.2. The molecule has 0 N–H and O–H groups in total. The molecule has 8 spiro atoms. The number of hydrogen-bond donors (Lipinski definition) is 0. The van der Waals surface area contributed by atoms with Gasteiger partial charge in [-0.3, -0.25) is 0 Å². The van der Waals surface area contributed by atoms with Gasteiger partial charge in [-0.2, -0.15) is 0 Å². The fourth-order valence-electron chi connectivity index (χ4n) is 20.1. The van der Waals surface area contributed by atoms with E-state index in [9.17, 15) is 0 Å². The summed E-state index contributed by atoms with van der Waals surface area (Å²) in [6.45, 7) is 37.2. The molecule has 0 aliphatic heterocycles. The van der Waals surface area contributed by atoms with Crippen molar-refractivity contribution in [2.24, 2.45) is 90.7 Å². The molecule has 0 aromatic heterocycles. The van der Waals surface area contributed by atoms with Crippen molar-refractivity contribution in [1.29, 1.82) is 0 Å². The van der Waals surface area contributed by atoms with Crippen LogP contribution in [0.3, 0.4) is 0 Å². The molecule has 3 unspecified atom stereocenters. The standard InChI is InChI=1S/C14H24.2C13H20.C12H20.C12H18.2C11H18.C10H16/c1-12(2)13-7-10-14(11-13)8-5-3-4-6-9-14;1-11(2)12-6-5-9-13(10-12)7-3-4-8-13;1-11(2)12-6-9-13(10-12)7-4-3-5-8-13;1-10(2)11-5-3-6-12(9-11)7-4-8-12;1-10(2)11-5-8-12(9-11)6-3-4-7-12;1-9(2)10-4-7-11(8-10)5-3-6-11;1-9(2)10-4-3-5-11(8-10)6-7-11;1-8(2)9-3-4-10(7-9)5-6-10/h11-12H,3-10H2,1-2H3;3,7,10-11H,4-6,8-9H2,1-2H3;4,7,10-11H,3,5-6,8-9H2,1-2H3;9-10H,3-8H2,1-2H3;3,6,9-10H,4-5,7-8H2,1-2H3;2*8-9H,3-7H2,1-2H3;7-8H,3-6H2,1-2H3. The summed E-state index contributed by atoms with van der Waals surface area (Å²) in [5, 5.41) is 0. The molecule has 0 amide bonds. The van der Waals surface area contributed by atoms with Gasteiger partial charge in [-0.1, -0.05) is 279 Å². The van der Waals surface area contributed by atoms with Crippen molar-refractivity contribution in [3.05, 3.63) is 130 Å². The van der Waals surface area contributed by atoms with Crippen LogP contribution in [0.1, 0.15) is 380 Å². The molecule has 5 fully saturated rings. The second-order valence-corrected chi connectivity index (χ2v) is 38.4. The lowest BCUT2D eigenvalue weighted by molar-refractivity contribution is 0.170. The molecule has 538 valence electrons. The van der Waals surface area contributed by atoms with E-state index >= 15 is 0 Å². The predicted octanol–water partition coefficient (Wildman–Crippen LogP) is 30.7. The van der Waals surface area contributed by atoms with Crippen molar-refractivity contribution in [1.82, 2.24) is 0 Å². The normalized spacial score (nSPS) is 29.6. The van der Waals surface area contributed by atoms with Crippen molar-refractivity contribution in [3.8, 4) is 0 Å². The van der Waals surface area contributed by atoms with E-state index < -0.39 is 0 Å². The molecule has 0 radical (unpaired) electrons. The molecule has 96 heavy (non-hydrogen) atoms. The van der Waals surface area contributed by atoms with E-state index in [2.05, 4.69) is 196 Å². The van der Waals surface area contributed by atoms with Gasteiger partial charge in [-0.15, -0.1) is 0 Å². The topological polar surface area (TPSA) is 0 Å². The van der Waals surface area contributed by atoms with E-state index in [1.165, 1.54) is 270 Å². The second kappa shape index (κ2) is 34.4. The van der Waals surface area contributed by atoms with Crippen LogP contribution in [0.15, 0.2) is 130 Å². The highest BCUT2D eigenvalue weighted by Gasteiger charge is 2.45. The molecule has 16 aliphatic rings. The van der Waals surface area contributed by atoms with Crippen LogP contribution in [-0.4, -0.2) is 0 Å². The first-order valence-electron chi connectivity index (χ1n) is 42.5. The minimum Gasteiger partial charge on any atom is -0.0877 e. The third-order valence-electron chi connectivity index (χ3n) is 28.2. The SMILES string of the molecule is CC(C)C1=CC2(C=CCC2)CC1.CC(C)C1=CC2(C=CCC2)CCC1.CC(C)C1=CC2(C=CCCC2)CC1.CC(C)C1=CC2(CC1)CC2.CC(C)C1=CC2(CCC1)CC2.CC(C)C1=CC2(CCC1)CCC2.CC(C)C1=CC2(CCC2)CC1.CC(C)C1=CC2(CCCCCC2)CC1. The van der Waals surface area contributed by atoms with Gasteiger partial charge in [-0.05, 0) is 306 Å². The zero-order valence-corrected chi connectivity index (χ0v) is 66.4. The molecule has 0 nitrogen and oxygen atoms in total. The zero-order chi connectivity index (χ0) is 68.8. The van der Waals surface area contributed by atoms with Crippen LogP contribution in [0.2, 0.25) is 0 Å². The minimum absolute atomic E-state index is 0.484. The monoisotopic (exact) mass is 1310 g/mol. The smallest absolute Gasteiger partial charge is 0.00697 e. The molecule has 0 heterocycles. The maximum absolute atomic E-state index is 2.67. The maximum Gasteiger partial charge on any atom is 0.00697 e. The Morgan fingerprint density at radius 1 is 0.188 bits per heavy atom. The van der Waals surface area contributed by atoms with Crippen LogP contribution in [-0.2, 0) is 0 Å². The summed E-state index contributed by atoms with van der Waals surface area (Å²) in [4.78, 5) is 0. The quantitative estimate of drug-likeness (QED) is 0.213. The molecule has 0 saturated heterocycles. The fourth-order valence-corrected chi connectivity index (χ4v) is 20.1. The Morgan fingerprint density at radius 3 is 0.708 bits per heavy atom. The Bertz CT molecular complexity index is 2820. The molecular formula is C96H154. The van der Waals surface area contributed by atoms with E-state index in [4.69, 9.17) is 0 Å². The molecule has 16 aliphatic carbocycles. The Morgan fingerprint density at radius 2 is 0.427 bits per heavy atom. The lowest BCUT2D eigenvalue weighted by atomic mass is 9.62. The van der Waals surface area contributed by atoms with Crippen molar-refractivity contribution in [2.75, 3.05) is 0 Å². The first-order valence-corrected chi connectivity index (χ1v) is 42.5. The highest BCUT2D eigenvalue weighted by atomic mass is 14.5. The highest BCUT2D eigenvalue weighted by molar-refractivity contribution is 5.30. The van der Waals surface area contributed by atoms with Gasteiger partial charge >= 0.3 is 0 Å². The minimum atomic E-state index is 0.484. The van der Waals surface area contributed by atoms with E-state index in [0.29, 0.717) is 32.5 Å². The van der Waals surface area contributed by atoms with Crippen LogP contribution in [0.5, 0.6) is 0 Å². The predicted molar refractivity (Wildman–Crippen MR) is 424 cm³/mol. The first kappa shape index (κ1) is 77.3. The van der Waals surface area contributed by atoms with Gasteiger partial charge in [0.25, 0.3) is 0 Å². The Hall–Kier alpha value is -2.86. The summed E-state index contributed by atoms with van der Waals surface area (Å²) >= 11 is 0. The van der Waals surface area contributed by atoms with Crippen molar-refractivity contribution in [2.45, 2.75) is 380 Å². The van der Waals surface area contributed by atoms with Crippen LogP contribution >= 0.6 is 0 Å². The lowest BCUT2D eigenvalue weighted by Crippen LogP contribution is -2.30. The molecule has 16 rings (SSSR count). The molecular weight excluding hydrogens is 1150 g/mol. The van der Waals surface area contributed by atoms with Crippen molar-refractivity contribution >= 4 is 0 Å². The number of rotatable bonds is 8. The average molecular weight is 1310 g/mol. The number of allylic oxidation sites excluding steroid dienone is 22. The van der Waals surface area contributed by atoms with Gasteiger partial charge in [0.05, 0.1) is 0 Å². The van der Waals surface area contributed by atoms with Gasteiger partial charge in [0.1, 0.15) is 0 Å². The summed E-state index contributed by atoms with van der Waals surface area (Å²) in [5.74, 6) is 6.27. The van der Waals surface area contributed by atoms with Crippen LogP contribution < -0.4 is 0 Å². The summed E-state index contributed by atoms with van der Waals surface area (Å²) < 4.78 is 0. The zero-order valence-electron chi connectivity index (χ0n) is 66.4. The van der Waals surface area contributed by atoms with E-state index in [-0.39, 0.29) is 0 Å². The van der Waals surface area contributed by atoms with Crippen molar-refractivity contribution in [3.63, 3.8) is 0 Å². The third kappa shape index (κ3) is 21.6. The van der Waals surface area contributed by atoms with Gasteiger partial charge in [-0.25, -0.2) is 0 Å². The summed E-state index contributed by atoms with van der Waals surface area (Å²) in [6.07, 6.45) is 94.9. The first-order chi connectivity index (χ1) is 45.7. The van der Waals surface area contributed by atoms with Gasteiger partial charge in [0.15, 0.2) is 0 Å². The molecule has 0 bridgehead atoms. The fraction of sp³-hybridized carbons (Fsp3) is 0.771. The molecule has 0 aromatic rings. The summed E-state index contributed by atoms with van der Waals surface area (Å²) in [5.41, 5.74) is 18.7. The highest BCUT2D eigenvalue weighted by Crippen LogP contribution is 2.58. The Balaban J connectivity index is 0.000000129. The second-order valence-electron chi connectivity index (χ2n) is 38.4. The lowest BCUT2D eigenvalue weighted by Gasteiger charge is -2.43. The van der Waals surface area contributed by atoms with Gasteiger partial charge < -0.3 is 0 Å². The van der Waals surface area contributed by atoms with Gasteiger partial charge in [0.2, 0.25) is 0 Å². The molecule has 3 atom stereocenters. The van der Waals surface area contributed by atoms with Crippen molar-refractivity contribution < 1.29 is 0 Å². The Kier molecular flexibility index (Phi) is 27.7. The molecule has 0 heteroatoms. The van der Waals surface area contributed by atoms with E-state index in [0.717, 1.165) is 58.2 Å². The summed E-state index contributed by atoms with van der Waals surface area (Å²) in [6, 6.07) is 0. The van der Waals surface area contributed by atoms with Crippen LogP contribution in [0.4, 0.5) is 0 Å². The van der Waals surface area contributed by atoms with Gasteiger partial charge in [0, 0.05) is 16.2 Å². The largest absolute Gasteiger partial charge is 0.0877 e.